The predicted octanol–water partition coefficient (Wildman–Crippen LogP) is 3.53. The number of nitrogens with one attached hydrogen (secondary N) is 1. The molecule has 0 saturated carbocycles. The van der Waals surface area contributed by atoms with Crippen LogP contribution in [0.15, 0.2) is 42.5 Å². The molecule has 0 aliphatic carbocycles. The molecule has 0 bridgehead atoms. The first-order valence-corrected chi connectivity index (χ1v) is 7.72. The van der Waals surface area contributed by atoms with E-state index in [-0.39, 0.29) is 11.3 Å². The normalized spacial score (nSPS) is 10.4. The van der Waals surface area contributed by atoms with Crippen LogP contribution in [0.2, 0.25) is 0 Å². The molecule has 6 heteroatoms. The number of anilines is 1. The fraction of sp³-hybridized carbons (Fsp3) is 0.278. The Morgan fingerprint density at radius 2 is 2.00 bits per heavy atom. The molecule has 0 saturated heterocycles. The number of nitro groups is 1. The van der Waals surface area contributed by atoms with E-state index in [0.717, 1.165) is 18.7 Å². The summed E-state index contributed by atoms with van der Waals surface area (Å²) in [5.74, 6) is 0. The van der Waals surface area contributed by atoms with Crippen LogP contribution in [0.5, 0.6) is 0 Å². The van der Waals surface area contributed by atoms with E-state index in [1.54, 1.807) is 6.07 Å². The van der Waals surface area contributed by atoms with E-state index < -0.39 is 4.92 Å². The largest absolute Gasteiger partial charge is 0.380 e. The van der Waals surface area contributed by atoms with Gasteiger partial charge in [0.25, 0.3) is 5.69 Å². The SMILES string of the molecule is CCN(C)Cc1cccc(CNc2ccc([N+](=O)[O-])cc2C#N)c1. The molecular weight excluding hydrogens is 304 g/mol. The minimum Gasteiger partial charge on any atom is -0.380 e. The van der Waals surface area contributed by atoms with Crippen LogP contribution >= 0.6 is 0 Å². The highest BCUT2D eigenvalue weighted by Gasteiger charge is 2.10. The van der Waals surface area contributed by atoms with Crippen molar-refractivity contribution in [1.82, 2.24) is 4.90 Å². The van der Waals surface area contributed by atoms with Gasteiger partial charge in [0.15, 0.2) is 0 Å². The summed E-state index contributed by atoms with van der Waals surface area (Å²) in [6.07, 6.45) is 0. The molecule has 0 unspecified atom stereocenters. The van der Waals surface area contributed by atoms with Crippen molar-refractivity contribution in [2.24, 2.45) is 0 Å². The molecule has 124 valence electrons. The van der Waals surface area contributed by atoms with Crippen LogP contribution in [-0.4, -0.2) is 23.4 Å². The van der Waals surface area contributed by atoms with Gasteiger partial charge in [0.2, 0.25) is 0 Å². The number of rotatable bonds is 7. The van der Waals surface area contributed by atoms with Gasteiger partial charge in [-0.3, -0.25) is 10.1 Å². The van der Waals surface area contributed by atoms with Crippen molar-refractivity contribution in [3.63, 3.8) is 0 Å². The standard InChI is InChI=1S/C18H20N4O2/c1-3-21(2)13-15-6-4-5-14(9-15)12-20-18-8-7-17(22(23)24)10-16(18)11-19/h4-10,20H,3,12-13H2,1-2H3. The molecule has 0 aliphatic heterocycles. The number of hydrogen-bond donors (Lipinski definition) is 1. The van der Waals surface area contributed by atoms with Crippen LogP contribution in [0.25, 0.3) is 0 Å². The highest BCUT2D eigenvalue weighted by atomic mass is 16.6. The number of nitro benzene ring substituents is 1. The van der Waals surface area contributed by atoms with Crippen LogP contribution < -0.4 is 5.32 Å². The van der Waals surface area contributed by atoms with Crippen molar-refractivity contribution in [2.75, 3.05) is 18.9 Å². The van der Waals surface area contributed by atoms with Crippen LogP contribution in [0.1, 0.15) is 23.6 Å². The zero-order valence-corrected chi connectivity index (χ0v) is 13.8. The lowest BCUT2D eigenvalue weighted by Crippen LogP contribution is -2.16. The van der Waals surface area contributed by atoms with E-state index in [2.05, 4.69) is 36.3 Å². The van der Waals surface area contributed by atoms with E-state index in [0.29, 0.717) is 12.2 Å². The quantitative estimate of drug-likeness (QED) is 0.622. The molecule has 6 nitrogen and oxygen atoms in total. The maximum Gasteiger partial charge on any atom is 0.270 e. The summed E-state index contributed by atoms with van der Waals surface area (Å²) in [4.78, 5) is 12.5. The number of hydrogen-bond acceptors (Lipinski definition) is 5. The van der Waals surface area contributed by atoms with Crippen molar-refractivity contribution in [3.8, 4) is 6.07 Å². The molecule has 2 aromatic carbocycles. The third-order valence-electron chi connectivity index (χ3n) is 3.80. The van der Waals surface area contributed by atoms with Crippen molar-refractivity contribution in [3.05, 3.63) is 69.3 Å². The Balaban J connectivity index is 2.10. The fourth-order valence-electron chi connectivity index (χ4n) is 2.35. The number of nitriles is 1. The van der Waals surface area contributed by atoms with Crippen LogP contribution in [0.3, 0.4) is 0 Å². The first-order valence-electron chi connectivity index (χ1n) is 7.72. The van der Waals surface area contributed by atoms with Crippen molar-refractivity contribution < 1.29 is 4.92 Å². The molecule has 0 spiro atoms. The molecule has 0 heterocycles. The molecule has 0 aromatic heterocycles. The molecule has 0 amide bonds. The van der Waals surface area contributed by atoms with Crippen LogP contribution in [0, 0.1) is 21.4 Å². The maximum absolute atomic E-state index is 10.8. The number of benzene rings is 2. The van der Waals surface area contributed by atoms with Gasteiger partial charge < -0.3 is 10.2 Å². The summed E-state index contributed by atoms with van der Waals surface area (Å²) < 4.78 is 0. The summed E-state index contributed by atoms with van der Waals surface area (Å²) in [6, 6.07) is 14.5. The second-order valence-corrected chi connectivity index (χ2v) is 5.60. The van der Waals surface area contributed by atoms with E-state index in [1.165, 1.54) is 17.7 Å². The lowest BCUT2D eigenvalue weighted by atomic mass is 10.1. The van der Waals surface area contributed by atoms with Gasteiger partial charge in [-0.2, -0.15) is 5.26 Å². The fourth-order valence-corrected chi connectivity index (χ4v) is 2.35. The third kappa shape index (κ3) is 4.54. The van der Waals surface area contributed by atoms with Gasteiger partial charge in [-0.05, 0) is 30.8 Å². The van der Waals surface area contributed by atoms with Crippen molar-refractivity contribution in [1.29, 1.82) is 5.26 Å². The zero-order chi connectivity index (χ0) is 17.5. The Morgan fingerprint density at radius 1 is 1.25 bits per heavy atom. The molecule has 0 radical (unpaired) electrons. The van der Waals surface area contributed by atoms with Gasteiger partial charge in [-0.1, -0.05) is 31.2 Å². The van der Waals surface area contributed by atoms with Gasteiger partial charge in [0.05, 0.1) is 16.2 Å². The summed E-state index contributed by atoms with van der Waals surface area (Å²) in [6.45, 7) is 4.53. The molecule has 0 aliphatic rings. The van der Waals surface area contributed by atoms with E-state index in [9.17, 15) is 15.4 Å². The topological polar surface area (TPSA) is 82.2 Å². The lowest BCUT2D eigenvalue weighted by molar-refractivity contribution is -0.384. The summed E-state index contributed by atoms with van der Waals surface area (Å²) in [5.41, 5.74) is 3.11. The smallest absolute Gasteiger partial charge is 0.270 e. The summed E-state index contributed by atoms with van der Waals surface area (Å²) in [7, 11) is 2.07. The highest BCUT2D eigenvalue weighted by molar-refractivity contribution is 5.61. The molecule has 2 aromatic rings. The Bertz CT molecular complexity index is 768. The Hall–Kier alpha value is -2.91. The molecule has 1 N–H and O–H groups in total. The number of non-ortho nitro benzene ring substituents is 1. The maximum atomic E-state index is 10.8. The number of nitrogens with zero attached hydrogens (tertiary/aromatic N) is 3. The zero-order valence-electron chi connectivity index (χ0n) is 13.8. The average molecular weight is 324 g/mol. The lowest BCUT2D eigenvalue weighted by Gasteiger charge is -2.15. The monoisotopic (exact) mass is 324 g/mol. The first-order chi connectivity index (χ1) is 11.5. The summed E-state index contributed by atoms with van der Waals surface area (Å²) in [5, 5.41) is 23.1. The molecule has 0 fully saturated rings. The Morgan fingerprint density at radius 3 is 2.67 bits per heavy atom. The minimum atomic E-state index is -0.502. The second kappa shape index (κ2) is 8.09. The Kier molecular flexibility index (Phi) is 5.88. The minimum absolute atomic E-state index is 0.0818. The molecule has 0 atom stereocenters. The van der Waals surface area contributed by atoms with E-state index in [1.807, 2.05) is 18.2 Å². The highest BCUT2D eigenvalue weighted by Crippen LogP contribution is 2.22. The van der Waals surface area contributed by atoms with Crippen LogP contribution in [-0.2, 0) is 13.1 Å². The van der Waals surface area contributed by atoms with Crippen LogP contribution in [0.4, 0.5) is 11.4 Å². The van der Waals surface area contributed by atoms with Crippen molar-refractivity contribution >= 4 is 11.4 Å². The summed E-state index contributed by atoms with van der Waals surface area (Å²) >= 11 is 0. The van der Waals surface area contributed by atoms with Gasteiger partial charge in [0.1, 0.15) is 6.07 Å². The van der Waals surface area contributed by atoms with Gasteiger partial charge in [0, 0.05) is 25.2 Å². The predicted molar refractivity (Wildman–Crippen MR) is 93.6 cm³/mol. The van der Waals surface area contributed by atoms with Gasteiger partial charge in [-0.15, -0.1) is 0 Å². The second-order valence-electron chi connectivity index (χ2n) is 5.60. The van der Waals surface area contributed by atoms with Gasteiger partial charge >= 0.3 is 0 Å². The van der Waals surface area contributed by atoms with Crippen molar-refractivity contribution in [2.45, 2.75) is 20.0 Å². The molecule has 24 heavy (non-hydrogen) atoms. The Labute approximate surface area is 141 Å². The van der Waals surface area contributed by atoms with E-state index >= 15 is 0 Å². The average Bonchev–Trinajstić information content (AvgIpc) is 2.59. The van der Waals surface area contributed by atoms with Gasteiger partial charge in [-0.25, -0.2) is 0 Å². The first kappa shape index (κ1) is 17.4. The molecular formula is C18H20N4O2. The molecule has 2 rings (SSSR count). The third-order valence-corrected chi connectivity index (χ3v) is 3.80. The van der Waals surface area contributed by atoms with E-state index in [4.69, 9.17) is 0 Å².